The van der Waals surface area contributed by atoms with E-state index in [0.717, 1.165) is 32.1 Å². The third-order valence-corrected chi connectivity index (χ3v) is 6.18. The molecule has 29 heavy (non-hydrogen) atoms. The minimum atomic E-state index is -0.544. The SMILES string of the molecule is C=CC(=O)N1CCC[C@H](n2nc(C3CCc4ccccc4C3)c(C(N)=O)c2N)C1. The van der Waals surface area contributed by atoms with E-state index in [9.17, 15) is 9.59 Å². The number of carbonyl (C=O) groups is 2. The lowest BCUT2D eigenvalue weighted by atomic mass is 9.81. The number of fused-ring (bicyclic) bond motifs is 1. The zero-order valence-electron chi connectivity index (χ0n) is 16.5. The van der Waals surface area contributed by atoms with Crippen molar-refractivity contribution in [3.8, 4) is 0 Å². The summed E-state index contributed by atoms with van der Waals surface area (Å²) in [6.07, 6.45) is 5.68. The minimum Gasteiger partial charge on any atom is -0.383 e. The Morgan fingerprint density at radius 1 is 1.21 bits per heavy atom. The van der Waals surface area contributed by atoms with Gasteiger partial charge in [0.05, 0.1) is 11.7 Å². The zero-order valence-corrected chi connectivity index (χ0v) is 16.5. The third-order valence-electron chi connectivity index (χ3n) is 6.18. The van der Waals surface area contributed by atoms with Gasteiger partial charge in [0.2, 0.25) is 5.91 Å². The number of anilines is 1. The Bertz CT molecular complexity index is 964. The van der Waals surface area contributed by atoms with Crippen molar-refractivity contribution in [1.29, 1.82) is 0 Å². The van der Waals surface area contributed by atoms with Gasteiger partial charge in [0.15, 0.2) is 0 Å². The Morgan fingerprint density at radius 3 is 2.69 bits per heavy atom. The molecule has 0 spiro atoms. The molecule has 2 heterocycles. The quantitative estimate of drug-likeness (QED) is 0.776. The van der Waals surface area contributed by atoms with Crippen LogP contribution in [-0.2, 0) is 17.6 Å². The Kier molecular flexibility index (Phi) is 5.13. The molecule has 2 amide bonds. The van der Waals surface area contributed by atoms with Gasteiger partial charge in [-0.3, -0.25) is 9.59 Å². The molecule has 152 valence electrons. The van der Waals surface area contributed by atoms with Crippen LogP contribution in [0.1, 0.15) is 58.4 Å². The molecular formula is C22H27N5O2. The number of amides is 2. The van der Waals surface area contributed by atoms with Gasteiger partial charge in [-0.05, 0) is 49.3 Å². The van der Waals surface area contributed by atoms with Crippen LogP contribution in [-0.4, -0.2) is 39.6 Å². The number of hydrogen-bond acceptors (Lipinski definition) is 4. The molecule has 1 aromatic heterocycles. The molecule has 1 saturated heterocycles. The van der Waals surface area contributed by atoms with Gasteiger partial charge in [0, 0.05) is 19.0 Å². The van der Waals surface area contributed by atoms with E-state index in [1.54, 1.807) is 9.58 Å². The number of piperidine rings is 1. The summed E-state index contributed by atoms with van der Waals surface area (Å²) in [5.74, 6) is -0.230. The molecule has 1 fully saturated rings. The first kappa shape index (κ1) is 19.2. The molecular weight excluding hydrogens is 366 g/mol. The minimum absolute atomic E-state index is 0.0737. The van der Waals surface area contributed by atoms with Gasteiger partial charge in [-0.2, -0.15) is 5.10 Å². The highest BCUT2D eigenvalue weighted by Gasteiger charge is 2.32. The van der Waals surface area contributed by atoms with E-state index in [-0.39, 0.29) is 17.9 Å². The van der Waals surface area contributed by atoms with Crippen LogP contribution >= 0.6 is 0 Å². The Labute approximate surface area is 170 Å². The number of nitrogens with zero attached hydrogens (tertiary/aromatic N) is 3. The normalized spacial score (nSPS) is 21.4. The van der Waals surface area contributed by atoms with Crippen LogP contribution in [0.4, 0.5) is 5.82 Å². The van der Waals surface area contributed by atoms with E-state index in [1.807, 2.05) is 6.07 Å². The predicted octanol–water partition coefficient (Wildman–Crippen LogP) is 2.19. The van der Waals surface area contributed by atoms with Crippen LogP contribution in [0.3, 0.4) is 0 Å². The van der Waals surface area contributed by atoms with E-state index >= 15 is 0 Å². The van der Waals surface area contributed by atoms with E-state index in [4.69, 9.17) is 16.6 Å². The van der Waals surface area contributed by atoms with Crippen LogP contribution in [0.15, 0.2) is 36.9 Å². The molecule has 2 atom stereocenters. The molecule has 0 saturated carbocycles. The molecule has 2 aromatic rings. The molecule has 7 nitrogen and oxygen atoms in total. The van der Waals surface area contributed by atoms with Crippen molar-refractivity contribution in [2.45, 2.75) is 44.1 Å². The Morgan fingerprint density at radius 2 is 1.97 bits per heavy atom. The van der Waals surface area contributed by atoms with Crippen molar-refractivity contribution in [3.05, 3.63) is 59.3 Å². The third kappa shape index (κ3) is 3.52. The largest absolute Gasteiger partial charge is 0.383 e. The number of carbonyl (C=O) groups excluding carboxylic acids is 2. The van der Waals surface area contributed by atoms with E-state index in [0.29, 0.717) is 30.2 Å². The number of primary amides is 1. The van der Waals surface area contributed by atoms with Crippen molar-refractivity contribution in [2.24, 2.45) is 5.73 Å². The second kappa shape index (κ2) is 7.73. The topological polar surface area (TPSA) is 107 Å². The molecule has 7 heteroatoms. The van der Waals surface area contributed by atoms with Gasteiger partial charge in [0.25, 0.3) is 5.91 Å². The van der Waals surface area contributed by atoms with Gasteiger partial charge >= 0.3 is 0 Å². The number of benzene rings is 1. The second-order valence-electron chi connectivity index (χ2n) is 7.95. The van der Waals surface area contributed by atoms with Crippen molar-refractivity contribution in [1.82, 2.24) is 14.7 Å². The van der Waals surface area contributed by atoms with Gasteiger partial charge in [-0.15, -0.1) is 0 Å². The fourth-order valence-corrected chi connectivity index (χ4v) is 4.70. The highest BCUT2D eigenvalue weighted by molar-refractivity contribution is 5.98. The van der Waals surface area contributed by atoms with Crippen molar-refractivity contribution >= 4 is 17.6 Å². The Hall–Kier alpha value is -3.09. The maximum absolute atomic E-state index is 12.3. The maximum Gasteiger partial charge on any atom is 0.254 e. The lowest BCUT2D eigenvalue weighted by Crippen LogP contribution is -2.40. The number of rotatable bonds is 4. The molecule has 4 N–H and O–H groups in total. The van der Waals surface area contributed by atoms with Crippen LogP contribution in [0, 0.1) is 0 Å². The number of nitrogens with two attached hydrogens (primary N) is 2. The van der Waals surface area contributed by atoms with Crippen LogP contribution in [0.25, 0.3) is 0 Å². The predicted molar refractivity (Wildman–Crippen MR) is 111 cm³/mol. The number of aromatic nitrogens is 2. The summed E-state index contributed by atoms with van der Waals surface area (Å²) in [6.45, 7) is 4.77. The van der Waals surface area contributed by atoms with Crippen molar-refractivity contribution < 1.29 is 9.59 Å². The van der Waals surface area contributed by atoms with Gasteiger partial charge < -0.3 is 16.4 Å². The van der Waals surface area contributed by atoms with Gasteiger partial charge in [0.1, 0.15) is 11.4 Å². The molecule has 0 radical (unpaired) electrons. The number of hydrogen-bond donors (Lipinski definition) is 2. The molecule has 4 rings (SSSR count). The first-order chi connectivity index (χ1) is 14.0. The average molecular weight is 393 g/mol. The lowest BCUT2D eigenvalue weighted by molar-refractivity contribution is -0.127. The molecule has 2 aliphatic rings. The summed E-state index contributed by atoms with van der Waals surface area (Å²) in [4.78, 5) is 26.1. The maximum atomic E-state index is 12.3. The van der Waals surface area contributed by atoms with E-state index in [2.05, 4.69) is 24.8 Å². The average Bonchev–Trinajstić information content (AvgIpc) is 3.10. The lowest BCUT2D eigenvalue weighted by Gasteiger charge is -2.32. The van der Waals surface area contributed by atoms with E-state index in [1.165, 1.54) is 17.2 Å². The van der Waals surface area contributed by atoms with E-state index < -0.39 is 5.91 Å². The van der Waals surface area contributed by atoms with Gasteiger partial charge in [-0.1, -0.05) is 30.8 Å². The van der Waals surface area contributed by atoms with Crippen molar-refractivity contribution in [2.75, 3.05) is 18.8 Å². The smallest absolute Gasteiger partial charge is 0.254 e. The summed E-state index contributed by atoms with van der Waals surface area (Å²) < 4.78 is 1.72. The second-order valence-corrected chi connectivity index (χ2v) is 7.95. The number of likely N-dealkylation sites (tertiary alicyclic amines) is 1. The summed E-state index contributed by atoms with van der Waals surface area (Å²) in [6, 6.07) is 8.30. The fraction of sp³-hybridized carbons (Fsp3) is 0.409. The zero-order chi connectivity index (χ0) is 20.5. The molecule has 0 bridgehead atoms. The molecule has 1 aromatic carbocycles. The summed E-state index contributed by atoms with van der Waals surface area (Å²) in [5, 5.41) is 4.80. The number of nitrogen functional groups attached to an aromatic ring is 1. The Balaban J connectivity index is 1.67. The summed E-state index contributed by atoms with van der Waals surface area (Å²) in [7, 11) is 0. The standard InChI is InChI=1S/C22H27N5O2/c1-2-18(28)26-11-5-8-17(13-26)27-21(23)19(22(24)29)20(25-27)16-10-9-14-6-3-4-7-15(14)12-16/h2-4,6-7,16-17H,1,5,8-13,23H2,(H2,24,29)/t16?,17-/m0/s1. The molecule has 1 unspecified atom stereocenters. The monoisotopic (exact) mass is 393 g/mol. The van der Waals surface area contributed by atoms with Crippen molar-refractivity contribution in [3.63, 3.8) is 0 Å². The van der Waals surface area contributed by atoms with Crippen LogP contribution in [0.2, 0.25) is 0 Å². The first-order valence-corrected chi connectivity index (χ1v) is 10.2. The fourth-order valence-electron chi connectivity index (χ4n) is 4.70. The number of aryl methyl sites for hydroxylation is 1. The molecule has 1 aliphatic heterocycles. The van der Waals surface area contributed by atoms with Crippen LogP contribution in [0.5, 0.6) is 0 Å². The summed E-state index contributed by atoms with van der Waals surface area (Å²) >= 11 is 0. The van der Waals surface area contributed by atoms with Crippen LogP contribution < -0.4 is 11.5 Å². The highest BCUT2D eigenvalue weighted by atomic mass is 16.2. The molecule has 1 aliphatic carbocycles. The highest BCUT2D eigenvalue weighted by Crippen LogP contribution is 2.36. The summed E-state index contributed by atoms with van der Waals surface area (Å²) in [5.41, 5.74) is 15.7. The first-order valence-electron chi connectivity index (χ1n) is 10.2. The van der Waals surface area contributed by atoms with Gasteiger partial charge in [-0.25, -0.2) is 4.68 Å².